The van der Waals surface area contributed by atoms with Gasteiger partial charge in [0.25, 0.3) is 0 Å². The molecule has 0 spiro atoms. The average molecular weight is 705 g/mol. The summed E-state index contributed by atoms with van der Waals surface area (Å²) in [5, 5.41) is 9.37. The first-order valence-electron chi connectivity index (χ1n) is 16.1. The molecule has 0 saturated carbocycles. The maximum atomic E-state index is 6.28. The van der Waals surface area contributed by atoms with Gasteiger partial charge in [0.1, 0.15) is 22.9 Å². The molecule has 5 heterocycles. The third kappa shape index (κ3) is 6.35. The fourth-order valence-electron chi connectivity index (χ4n) is 6.31. The molecular weight excluding hydrogens is 669 g/mol. The molecule has 0 amide bonds. The molecule has 0 bridgehead atoms. The quantitative estimate of drug-likeness (QED) is 0.172. The summed E-state index contributed by atoms with van der Waals surface area (Å²) in [6.45, 7) is 9.22. The summed E-state index contributed by atoms with van der Waals surface area (Å²) in [4.78, 5) is 13.8. The zero-order chi connectivity index (χ0) is 35.1. The Bertz CT molecular complexity index is 2470. The number of anilines is 1. The lowest BCUT2D eigenvalue weighted by molar-refractivity contribution is 0.393. The first-order valence-corrected chi connectivity index (χ1v) is 16.8. The predicted molar refractivity (Wildman–Crippen MR) is 199 cm³/mol. The molecule has 0 unspecified atom stereocenters. The van der Waals surface area contributed by atoms with Crippen molar-refractivity contribution in [1.82, 2.24) is 39.0 Å². The topological polar surface area (TPSA) is 118 Å². The van der Waals surface area contributed by atoms with E-state index in [4.69, 9.17) is 33.5 Å². The molecule has 3 aromatic carbocycles. The van der Waals surface area contributed by atoms with Gasteiger partial charge in [-0.2, -0.15) is 5.10 Å². The van der Waals surface area contributed by atoms with Crippen molar-refractivity contribution < 1.29 is 4.52 Å². The van der Waals surface area contributed by atoms with E-state index in [-0.39, 0.29) is 0 Å². The van der Waals surface area contributed by atoms with Crippen LogP contribution in [-0.4, -0.2) is 39.0 Å². The zero-order valence-electron chi connectivity index (χ0n) is 28.3. The first kappa shape index (κ1) is 33.1. The van der Waals surface area contributed by atoms with Crippen LogP contribution in [0.15, 0.2) is 89.7 Å². The molecule has 8 aromatic rings. The highest BCUT2D eigenvalue weighted by Crippen LogP contribution is 2.31. The van der Waals surface area contributed by atoms with Gasteiger partial charge in [-0.1, -0.05) is 64.8 Å². The van der Waals surface area contributed by atoms with E-state index in [0.717, 1.165) is 74.1 Å². The molecule has 252 valence electrons. The summed E-state index contributed by atoms with van der Waals surface area (Å²) in [6.07, 6.45) is 3.60. The second kappa shape index (κ2) is 13.5. The second-order valence-corrected chi connectivity index (χ2v) is 13.1. The van der Waals surface area contributed by atoms with E-state index in [9.17, 15) is 0 Å². The third-order valence-electron chi connectivity index (χ3n) is 8.82. The molecule has 0 fully saturated rings. The van der Waals surface area contributed by atoms with Gasteiger partial charge in [0.2, 0.25) is 0 Å². The Hall–Kier alpha value is -5.45. The number of imidazole rings is 2. The van der Waals surface area contributed by atoms with Crippen LogP contribution >= 0.6 is 23.2 Å². The van der Waals surface area contributed by atoms with E-state index < -0.39 is 0 Å². The number of hydrogen-bond acceptors (Lipinski definition) is 7. The van der Waals surface area contributed by atoms with Gasteiger partial charge in [-0.15, -0.1) is 0 Å². The van der Waals surface area contributed by atoms with E-state index in [1.807, 2.05) is 76.0 Å². The molecule has 0 atom stereocenters. The van der Waals surface area contributed by atoms with Crippen molar-refractivity contribution in [1.29, 1.82) is 0 Å². The maximum Gasteiger partial charge on any atom is 0.177 e. The van der Waals surface area contributed by atoms with Gasteiger partial charge < -0.3 is 19.4 Å². The van der Waals surface area contributed by atoms with Crippen molar-refractivity contribution in [2.24, 2.45) is 7.05 Å². The Labute approximate surface area is 299 Å². The normalized spacial score (nSPS) is 11.3. The van der Waals surface area contributed by atoms with Crippen LogP contribution in [0.5, 0.6) is 0 Å². The molecule has 0 aliphatic heterocycles. The van der Waals surface area contributed by atoms with Gasteiger partial charge in [0.15, 0.2) is 5.65 Å². The van der Waals surface area contributed by atoms with Crippen LogP contribution in [-0.2, 0) is 20.1 Å². The van der Waals surface area contributed by atoms with Crippen LogP contribution in [0.4, 0.5) is 5.69 Å². The van der Waals surface area contributed by atoms with Gasteiger partial charge >= 0.3 is 0 Å². The highest BCUT2D eigenvalue weighted by atomic mass is 35.5. The van der Waals surface area contributed by atoms with Crippen molar-refractivity contribution in [2.75, 3.05) is 5.73 Å². The molecule has 10 nitrogen and oxygen atoms in total. The van der Waals surface area contributed by atoms with Crippen molar-refractivity contribution in [3.05, 3.63) is 129 Å². The monoisotopic (exact) mass is 703 g/mol. The smallest absolute Gasteiger partial charge is 0.177 e. The van der Waals surface area contributed by atoms with Gasteiger partial charge in [0.05, 0.1) is 38.2 Å². The van der Waals surface area contributed by atoms with E-state index in [0.29, 0.717) is 27.9 Å². The van der Waals surface area contributed by atoms with Crippen molar-refractivity contribution in [3.8, 4) is 22.4 Å². The number of rotatable bonds is 6. The number of aromatic nitrogens is 8. The molecule has 50 heavy (non-hydrogen) atoms. The summed E-state index contributed by atoms with van der Waals surface area (Å²) in [5.74, 6) is 2.62. The van der Waals surface area contributed by atoms with Gasteiger partial charge in [0, 0.05) is 49.2 Å². The number of hydrogen-bond donors (Lipinski definition) is 1. The molecule has 12 heteroatoms. The highest BCUT2D eigenvalue weighted by Gasteiger charge is 2.17. The predicted octanol–water partition coefficient (Wildman–Crippen LogP) is 8.74. The number of aryl methyl sites for hydroxylation is 5. The minimum atomic E-state index is 0.542. The van der Waals surface area contributed by atoms with Crippen molar-refractivity contribution in [3.63, 3.8) is 0 Å². The summed E-state index contributed by atoms with van der Waals surface area (Å²) < 4.78 is 11.5. The SMILES string of the molecule is Cc1nc2c(N)cc(-c3ccnn3C)cc2n1Cc1ccccc1.Cc1noc(C)c1-c1cnc2nc(C)n(Cc3ccc(Cl)c(Cl)c3)c2c1. The van der Waals surface area contributed by atoms with Gasteiger partial charge in [-0.3, -0.25) is 4.68 Å². The van der Waals surface area contributed by atoms with Gasteiger partial charge in [-0.05, 0) is 75.2 Å². The minimum absolute atomic E-state index is 0.542. The number of pyridine rings is 1. The van der Waals surface area contributed by atoms with Crippen LogP contribution in [0, 0.1) is 27.7 Å². The third-order valence-corrected chi connectivity index (χ3v) is 9.56. The number of benzene rings is 3. The molecule has 0 radical (unpaired) electrons. The van der Waals surface area contributed by atoms with E-state index in [1.54, 1.807) is 12.3 Å². The zero-order valence-corrected chi connectivity index (χ0v) is 29.8. The van der Waals surface area contributed by atoms with Crippen LogP contribution in [0.2, 0.25) is 10.0 Å². The van der Waals surface area contributed by atoms with E-state index >= 15 is 0 Å². The second-order valence-electron chi connectivity index (χ2n) is 12.3. The Balaban J connectivity index is 0.000000157. The summed E-state index contributed by atoms with van der Waals surface area (Å²) in [5.41, 5.74) is 17.7. The van der Waals surface area contributed by atoms with Crippen molar-refractivity contribution in [2.45, 2.75) is 40.8 Å². The fourth-order valence-corrected chi connectivity index (χ4v) is 6.63. The summed E-state index contributed by atoms with van der Waals surface area (Å²) >= 11 is 12.2. The van der Waals surface area contributed by atoms with Gasteiger partial charge in [-0.25, -0.2) is 15.0 Å². The summed E-state index contributed by atoms with van der Waals surface area (Å²) in [7, 11) is 1.93. The van der Waals surface area contributed by atoms with E-state index in [1.165, 1.54) is 5.56 Å². The maximum absolute atomic E-state index is 6.28. The van der Waals surface area contributed by atoms with Crippen LogP contribution < -0.4 is 5.73 Å². The standard InChI is InChI=1S/C19H16Cl2N4O.C19H19N5/c1-10-18(11(2)26-24-10)14-7-17-19(22-8-14)23-12(3)25(17)9-13-4-5-15(20)16(21)6-13;1-13-22-19-16(20)10-15(17-8-9-21-23(17)2)11-18(19)24(13)12-14-6-4-3-5-7-14/h4-8H,9H2,1-3H3;3-11H,12,20H2,1-2H3. The molecule has 0 aliphatic rings. The number of nitrogen functional groups attached to an aromatic ring is 1. The van der Waals surface area contributed by atoms with Crippen LogP contribution in [0.25, 0.3) is 44.6 Å². The molecule has 5 aromatic heterocycles. The number of nitrogens with zero attached hydrogens (tertiary/aromatic N) is 8. The van der Waals surface area contributed by atoms with Crippen molar-refractivity contribution >= 4 is 51.1 Å². The molecule has 2 N–H and O–H groups in total. The lowest BCUT2D eigenvalue weighted by Crippen LogP contribution is -2.02. The molecule has 0 saturated heterocycles. The first-order chi connectivity index (χ1) is 24.1. The minimum Gasteiger partial charge on any atom is -0.397 e. The largest absolute Gasteiger partial charge is 0.397 e. The Morgan fingerprint density at radius 3 is 2.18 bits per heavy atom. The lowest BCUT2D eigenvalue weighted by atomic mass is 10.1. The van der Waals surface area contributed by atoms with Crippen LogP contribution in [0.3, 0.4) is 0 Å². The number of halogens is 2. The lowest BCUT2D eigenvalue weighted by Gasteiger charge is -2.09. The number of fused-ring (bicyclic) bond motifs is 2. The highest BCUT2D eigenvalue weighted by molar-refractivity contribution is 6.42. The number of nitrogens with two attached hydrogens (primary N) is 1. The average Bonchev–Trinajstić information content (AvgIpc) is 3.85. The Morgan fingerprint density at radius 2 is 1.48 bits per heavy atom. The fraction of sp³-hybridized carbons (Fsp3) is 0.184. The van der Waals surface area contributed by atoms with E-state index in [2.05, 4.69) is 70.7 Å². The molecular formula is C38H35Cl2N9O. The molecule has 0 aliphatic carbocycles. The summed E-state index contributed by atoms with van der Waals surface area (Å²) in [6, 6.07) is 24.2. The Kier molecular flexibility index (Phi) is 8.90. The van der Waals surface area contributed by atoms with Crippen LogP contribution in [0.1, 0.15) is 34.2 Å². The Morgan fingerprint density at radius 1 is 0.760 bits per heavy atom. The molecule has 8 rings (SSSR count).